The summed E-state index contributed by atoms with van der Waals surface area (Å²) in [7, 11) is 3.21. The minimum absolute atomic E-state index is 0. The van der Waals surface area contributed by atoms with E-state index < -0.39 is 11.2 Å². The number of hydrogen-bond donors (Lipinski definition) is 2. The Balaban J connectivity index is 0.00000192. The quantitative estimate of drug-likeness (QED) is 0.694. The van der Waals surface area contributed by atoms with Gasteiger partial charge in [0.25, 0.3) is 5.56 Å². The molecule has 3 rings (SSSR count). The number of carbonyl (C=O) groups excluding carboxylic acids is 1. The van der Waals surface area contributed by atoms with Crippen molar-refractivity contribution in [3.05, 3.63) is 27.2 Å². The highest BCUT2D eigenvalue weighted by Gasteiger charge is 2.20. The number of nitrogens with zero attached hydrogens (tertiary/aromatic N) is 4. The SMILES string of the molecule is Cl.Cn1cnc2c1c(=O)n(CC(=O)NC1CCNC1)c(=O)n2C. The zero-order valence-electron chi connectivity index (χ0n) is 12.9. The summed E-state index contributed by atoms with van der Waals surface area (Å²) in [6.07, 6.45) is 2.32. The first-order chi connectivity index (χ1) is 10.5. The van der Waals surface area contributed by atoms with Crippen LogP contribution in [0.25, 0.3) is 11.2 Å². The summed E-state index contributed by atoms with van der Waals surface area (Å²) in [5.41, 5.74) is -0.430. The Morgan fingerprint density at radius 1 is 1.43 bits per heavy atom. The van der Waals surface area contributed by atoms with E-state index in [1.54, 1.807) is 11.6 Å². The van der Waals surface area contributed by atoms with Crippen LogP contribution < -0.4 is 21.9 Å². The Labute approximate surface area is 137 Å². The number of imidazole rings is 1. The Morgan fingerprint density at radius 3 is 2.83 bits per heavy atom. The van der Waals surface area contributed by atoms with E-state index in [0.29, 0.717) is 17.7 Å². The second-order valence-corrected chi connectivity index (χ2v) is 5.52. The van der Waals surface area contributed by atoms with E-state index >= 15 is 0 Å². The first kappa shape index (κ1) is 17.2. The third-order valence-corrected chi connectivity index (χ3v) is 3.93. The molecule has 1 fully saturated rings. The van der Waals surface area contributed by atoms with E-state index in [4.69, 9.17) is 0 Å². The highest BCUT2D eigenvalue weighted by atomic mass is 35.5. The average Bonchev–Trinajstić information content (AvgIpc) is 3.11. The van der Waals surface area contributed by atoms with Gasteiger partial charge in [-0.3, -0.25) is 14.2 Å². The van der Waals surface area contributed by atoms with E-state index in [1.165, 1.54) is 17.9 Å². The minimum atomic E-state index is -0.545. The molecular formula is C13H19ClN6O3. The fourth-order valence-electron chi connectivity index (χ4n) is 2.73. The van der Waals surface area contributed by atoms with Crippen LogP contribution in [0.1, 0.15) is 6.42 Å². The fraction of sp³-hybridized carbons (Fsp3) is 0.538. The summed E-state index contributed by atoms with van der Waals surface area (Å²) in [5, 5.41) is 5.97. The minimum Gasteiger partial charge on any atom is -0.350 e. The Morgan fingerprint density at radius 2 is 2.17 bits per heavy atom. The van der Waals surface area contributed by atoms with Gasteiger partial charge in [0.1, 0.15) is 6.54 Å². The Bertz CT molecular complexity index is 846. The maximum Gasteiger partial charge on any atom is 0.332 e. The zero-order chi connectivity index (χ0) is 15.9. The molecule has 1 amide bonds. The lowest BCUT2D eigenvalue weighted by Crippen LogP contribution is -2.45. The van der Waals surface area contributed by atoms with E-state index in [2.05, 4.69) is 15.6 Å². The highest BCUT2D eigenvalue weighted by molar-refractivity contribution is 5.85. The van der Waals surface area contributed by atoms with Gasteiger partial charge >= 0.3 is 5.69 Å². The number of aryl methyl sites for hydroxylation is 2. The highest BCUT2D eigenvalue weighted by Crippen LogP contribution is 2.03. The standard InChI is InChI=1S/C13H18N6O3.ClH/c1-17-7-15-11-10(17)12(21)19(13(22)18(11)2)6-9(20)16-8-3-4-14-5-8;/h7-8,14H,3-6H2,1-2H3,(H,16,20);1H. The molecule has 10 heteroatoms. The number of hydrogen-bond acceptors (Lipinski definition) is 5. The number of carbonyl (C=O) groups is 1. The van der Waals surface area contributed by atoms with Crippen molar-refractivity contribution >= 4 is 29.5 Å². The molecule has 0 aromatic carbocycles. The summed E-state index contributed by atoms with van der Waals surface area (Å²) < 4.78 is 3.77. The van der Waals surface area contributed by atoms with E-state index in [1.807, 2.05) is 0 Å². The van der Waals surface area contributed by atoms with Crippen LogP contribution in [0, 0.1) is 0 Å². The summed E-state index contributed by atoms with van der Waals surface area (Å²) in [6.45, 7) is 1.27. The van der Waals surface area contributed by atoms with Gasteiger partial charge in [-0.15, -0.1) is 12.4 Å². The summed E-state index contributed by atoms with van der Waals surface area (Å²) in [5.74, 6) is -0.339. The van der Waals surface area contributed by atoms with Crippen LogP contribution in [0.15, 0.2) is 15.9 Å². The number of amides is 1. The van der Waals surface area contributed by atoms with Crippen molar-refractivity contribution in [3.63, 3.8) is 0 Å². The predicted octanol–water partition coefficient (Wildman–Crippen LogP) is -1.67. The van der Waals surface area contributed by atoms with Crippen LogP contribution >= 0.6 is 12.4 Å². The van der Waals surface area contributed by atoms with Crippen molar-refractivity contribution in [1.82, 2.24) is 29.3 Å². The first-order valence-electron chi connectivity index (χ1n) is 7.10. The van der Waals surface area contributed by atoms with Gasteiger partial charge in [0.2, 0.25) is 5.91 Å². The molecule has 126 valence electrons. The van der Waals surface area contributed by atoms with E-state index in [9.17, 15) is 14.4 Å². The molecule has 0 saturated carbocycles. The molecule has 0 bridgehead atoms. The maximum atomic E-state index is 12.5. The van der Waals surface area contributed by atoms with Crippen LogP contribution in [-0.2, 0) is 25.4 Å². The topological polar surface area (TPSA) is 103 Å². The molecule has 23 heavy (non-hydrogen) atoms. The molecule has 1 unspecified atom stereocenters. The van der Waals surface area contributed by atoms with Gasteiger partial charge in [-0.25, -0.2) is 14.3 Å². The number of halogens is 1. The molecule has 1 atom stereocenters. The van der Waals surface area contributed by atoms with Crippen molar-refractivity contribution in [3.8, 4) is 0 Å². The molecular weight excluding hydrogens is 324 g/mol. The second-order valence-electron chi connectivity index (χ2n) is 5.52. The lowest BCUT2D eigenvalue weighted by atomic mass is 10.2. The van der Waals surface area contributed by atoms with Crippen LogP contribution in [0.3, 0.4) is 0 Å². The summed E-state index contributed by atoms with van der Waals surface area (Å²) in [6, 6.07) is 0.0486. The fourth-order valence-corrected chi connectivity index (χ4v) is 2.73. The maximum absolute atomic E-state index is 12.5. The van der Waals surface area contributed by atoms with Crippen molar-refractivity contribution in [2.75, 3.05) is 13.1 Å². The van der Waals surface area contributed by atoms with E-state index in [0.717, 1.165) is 17.5 Å². The molecule has 0 radical (unpaired) electrons. The normalized spacial score (nSPS) is 17.2. The molecule has 2 aromatic rings. The second kappa shape index (κ2) is 6.55. The molecule has 1 aliphatic rings. The van der Waals surface area contributed by atoms with Gasteiger partial charge in [-0.1, -0.05) is 0 Å². The summed E-state index contributed by atoms with van der Waals surface area (Å²) in [4.78, 5) is 40.8. The predicted molar refractivity (Wildman–Crippen MR) is 86.9 cm³/mol. The first-order valence-corrected chi connectivity index (χ1v) is 7.10. The van der Waals surface area contributed by atoms with Gasteiger partial charge in [-0.2, -0.15) is 0 Å². The molecule has 2 aromatic heterocycles. The number of fused-ring (bicyclic) bond motifs is 1. The van der Waals surface area contributed by atoms with Gasteiger partial charge < -0.3 is 15.2 Å². The molecule has 3 heterocycles. The monoisotopic (exact) mass is 342 g/mol. The number of rotatable bonds is 3. The molecule has 1 aliphatic heterocycles. The molecule has 1 saturated heterocycles. The Kier molecular flexibility index (Phi) is 4.90. The van der Waals surface area contributed by atoms with Crippen LogP contribution in [-0.4, -0.2) is 43.7 Å². The third kappa shape index (κ3) is 3.02. The lowest BCUT2D eigenvalue weighted by molar-refractivity contribution is -0.122. The summed E-state index contributed by atoms with van der Waals surface area (Å²) >= 11 is 0. The van der Waals surface area contributed by atoms with Crippen LogP contribution in [0.5, 0.6) is 0 Å². The van der Waals surface area contributed by atoms with Gasteiger partial charge in [0.05, 0.1) is 6.33 Å². The van der Waals surface area contributed by atoms with Crippen LogP contribution in [0.2, 0.25) is 0 Å². The molecule has 2 N–H and O–H groups in total. The lowest BCUT2D eigenvalue weighted by Gasteiger charge is -2.12. The van der Waals surface area contributed by atoms with Crippen molar-refractivity contribution in [2.24, 2.45) is 14.1 Å². The molecule has 0 aliphatic carbocycles. The van der Waals surface area contributed by atoms with Crippen molar-refractivity contribution in [2.45, 2.75) is 19.0 Å². The van der Waals surface area contributed by atoms with E-state index in [-0.39, 0.29) is 30.9 Å². The van der Waals surface area contributed by atoms with Crippen molar-refractivity contribution in [1.29, 1.82) is 0 Å². The third-order valence-electron chi connectivity index (χ3n) is 3.93. The average molecular weight is 343 g/mol. The Hall–Kier alpha value is -2.13. The van der Waals surface area contributed by atoms with Gasteiger partial charge in [-0.05, 0) is 13.0 Å². The molecule has 9 nitrogen and oxygen atoms in total. The zero-order valence-corrected chi connectivity index (χ0v) is 13.7. The van der Waals surface area contributed by atoms with Gasteiger partial charge in [0.15, 0.2) is 11.2 Å². The number of nitrogens with one attached hydrogen (secondary N) is 2. The van der Waals surface area contributed by atoms with Crippen molar-refractivity contribution < 1.29 is 4.79 Å². The van der Waals surface area contributed by atoms with Gasteiger partial charge in [0, 0.05) is 26.7 Å². The number of aromatic nitrogens is 4. The smallest absolute Gasteiger partial charge is 0.332 e. The molecule has 0 spiro atoms. The largest absolute Gasteiger partial charge is 0.350 e. The van der Waals surface area contributed by atoms with Crippen LogP contribution in [0.4, 0.5) is 0 Å².